The van der Waals surface area contributed by atoms with Gasteiger partial charge < -0.3 is 10.2 Å². The number of hydrogen-bond acceptors (Lipinski definition) is 3. The van der Waals surface area contributed by atoms with Gasteiger partial charge in [-0.05, 0) is 36.5 Å². The van der Waals surface area contributed by atoms with Gasteiger partial charge in [0.25, 0.3) is 0 Å². The van der Waals surface area contributed by atoms with Gasteiger partial charge in [0.15, 0.2) is 0 Å². The van der Waals surface area contributed by atoms with Gasteiger partial charge in [-0.25, -0.2) is 0 Å². The van der Waals surface area contributed by atoms with E-state index in [1.54, 1.807) is 0 Å². The zero-order valence-corrected chi connectivity index (χ0v) is 20.9. The number of piperazine rings is 1. The Kier molecular flexibility index (Phi) is 9.06. The maximum absolute atomic E-state index is 12.8. The second-order valence-corrected chi connectivity index (χ2v) is 9.35. The molecule has 1 heterocycles. The van der Waals surface area contributed by atoms with E-state index in [1.807, 2.05) is 42.2 Å². The summed E-state index contributed by atoms with van der Waals surface area (Å²) in [5.41, 5.74) is 3.76. The van der Waals surface area contributed by atoms with E-state index >= 15 is 0 Å². The first-order chi connectivity index (χ1) is 17.6. The zero-order valence-electron chi connectivity index (χ0n) is 20.9. The average Bonchev–Trinajstić information content (AvgIpc) is 2.93. The predicted molar refractivity (Wildman–Crippen MR) is 144 cm³/mol. The van der Waals surface area contributed by atoms with Gasteiger partial charge in [-0.15, -0.1) is 0 Å². The number of rotatable bonds is 9. The maximum atomic E-state index is 12.8. The summed E-state index contributed by atoms with van der Waals surface area (Å²) in [4.78, 5) is 29.3. The van der Waals surface area contributed by atoms with Crippen LogP contribution in [0.15, 0.2) is 103 Å². The lowest BCUT2D eigenvalue weighted by Crippen LogP contribution is -2.49. The van der Waals surface area contributed by atoms with Crippen molar-refractivity contribution in [2.75, 3.05) is 26.2 Å². The molecule has 1 saturated heterocycles. The zero-order chi connectivity index (χ0) is 25.2. The molecule has 0 bridgehead atoms. The summed E-state index contributed by atoms with van der Waals surface area (Å²) in [5.74, 6) is -0.339. The van der Waals surface area contributed by atoms with E-state index in [0.717, 1.165) is 25.9 Å². The van der Waals surface area contributed by atoms with Crippen molar-refractivity contribution in [2.24, 2.45) is 0 Å². The summed E-state index contributed by atoms with van der Waals surface area (Å²) in [6.07, 6.45) is 4.52. The number of amides is 2. The van der Waals surface area contributed by atoms with Crippen LogP contribution in [-0.4, -0.2) is 53.8 Å². The van der Waals surface area contributed by atoms with Crippen molar-refractivity contribution in [1.82, 2.24) is 15.1 Å². The van der Waals surface area contributed by atoms with Crippen LogP contribution in [0, 0.1) is 0 Å². The van der Waals surface area contributed by atoms with Crippen LogP contribution in [0.25, 0.3) is 0 Å². The van der Waals surface area contributed by atoms with E-state index in [1.165, 1.54) is 28.8 Å². The van der Waals surface area contributed by atoms with Gasteiger partial charge in [-0.3, -0.25) is 14.5 Å². The second kappa shape index (κ2) is 12.8. The molecule has 36 heavy (non-hydrogen) atoms. The van der Waals surface area contributed by atoms with Gasteiger partial charge in [0, 0.05) is 44.4 Å². The summed E-state index contributed by atoms with van der Waals surface area (Å²) in [6.45, 7) is 4.81. The van der Waals surface area contributed by atoms with Crippen LogP contribution < -0.4 is 5.32 Å². The third kappa shape index (κ3) is 7.15. The largest absolute Gasteiger partial charge is 0.350 e. The minimum Gasteiger partial charge on any atom is -0.350 e. The maximum Gasteiger partial charge on any atom is 0.246 e. The molecule has 0 aromatic heterocycles. The van der Waals surface area contributed by atoms with E-state index in [0.29, 0.717) is 13.1 Å². The molecule has 5 heteroatoms. The number of hydrogen-bond donors (Lipinski definition) is 1. The van der Waals surface area contributed by atoms with Crippen molar-refractivity contribution in [1.29, 1.82) is 0 Å². The first-order valence-corrected chi connectivity index (χ1v) is 12.8. The number of carbonyl (C=O) groups is 2. The number of benzene rings is 3. The Bertz CT molecular complexity index is 1080. The molecule has 1 fully saturated rings. The molecule has 2 amide bonds. The molecule has 3 aromatic rings. The molecule has 1 unspecified atom stereocenters. The van der Waals surface area contributed by atoms with Gasteiger partial charge >= 0.3 is 0 Å². The lowest BCUT2D eigenvalue weighted by atomic mass is 9.96. The van der Waals surface area contributed by atoms with E-state index in [4.69, 9.17) is 0 Å². The molecule has 5 nitrogen and oxygen atoms in total. The Morgan fingerprint density at radius 3 is 1.86 bits per heavy atom. The van der Waals surface area contributed by atoms with Gasteiger partial charge in [0.1, 0.15) is 0 Å². The molecule has 186 valence electrons. The molecule has 0 saturated carbocycles. The van der Waals surface area contributed by atoms with Crippen molar-refractivity contribution in [3.05, 3.63) is 120 Å². The van der Waals surface area contributed by atoms with Crippen LogP contribution in [-0.2, 0) is 16.0 Å². The second-order valence-electron chi connectivity index (χ2n) is 9.35. The van der Waals surface area contributed by atoms with Gasteiger partial charge in [0.05, 0.1) is 6.04 Å². The van der Waals surface area contributed by atoms with Gasteiger partial charge in [-0.2, -0.15) is 0 Å². The summed E-state index contributed by atoms with van der Waals surface area (Å²) < 4.78 is 0. The molecule has 0 radical (unpaired) electrons. The molecule has 4 rings (SSSR count). The summed E-state index contributed by atoms with van der Waals surface area (Å²) in [5, 5.41) is 2.96. The summed E-state index contributed by atoms with van der Waals surface area (Å²) >= 11 is 0. The van der Waals surface area contributed by atoms with Gasteiger partial charge in [-0.1, -0.05) is 91.0 Å². The first-order valence-electron chi connectivity index (χ1n) is 12.8. The molecule has 1 aliphatic rings. The normalized spacial score (nSPS) is 15.2. The van der Waals surface area contributed by atoms with Crippen LogP contribution >= 0.6 is 0 Å². The number of carbonyl (C=O) groups excluding carboxylic acids is 2. The van der Waals surface area contributed by atoms with E-state index in [-0.39, 0.29) is 23.9 Å². The SMILES string of the molecule is CC(CCc1ccccc1)NC(=O)/C=C\C(=O)N1CCN(C(c2ccccc2)c2ccccc2)CC1. The van der Waals surface area contributed by atoms with Crippen LogP contribution in [0.5, 0.6) is 0 Å². The molecule has 1 atom stereocenters. The topological polar surface area (TPSA) is 52.7 Å². The third-order valence-corrected chi connectivity index (χ3v) is 6.70. The molecular formula is C31H35N3O2. The lowest BCUT2D eigenvalue weighted by Gasteiger charge is -2.39. The quantitative estimate of drug-likeness (QED) is 0.454. The van der Waals surface area contributed by atoms with Crippen LogP contribution in [0.2, 0.25) is 0 Å². The van der Waals surface area contributed by atoms with Crippen molar-refractivity contribution in [2.45, 2.75) is 31.8 Å². The fourth-order valence-corrected chi connectivity index (χ4v) is 4.73. The highest BCUT2D eigenvalue weighted by Gasteiger charge is 2.27. The third-order valence-electron chi connectivity index (χ3n) is 6.70. The van der Waals surface area contributed by atoms with Gasteiger partial charge in [0.2, 0.25) is 11.8 Å². The Morgan fingerprint density at radius 1 is 0.778 bits per heavy atom. The van der Waals surface area contributed by atoms with Crippen molar-refractivity contribution >= 4 is 11.8 Å². The molecule has 1 aliphatic heterocycles. The number of nitrogens with zero attached hydrogens (tertiary/aromatic N) is 2. The molecule has 0 spiro atoms. The highest BCUT2D eigenvalue weighted by Crippen LogP contribution is 2.29. The van der Waals surface area contributed by atoms with Crippen LogP contribution in [0.1, 0.15) is 36.1 Å². The summed E-state index contributed by atoms with van der Waals surface area (Å²) in [6, 6.07) is 31.4. The average molecular weight is 482 g/mol. The Labute approximate surface area is 214 Å². The van der Waals surface area contributed by atoms with Crippen molar-refractivity contribution < 1.29 is 9.59 Å². The van der Waals surface area contributed by atoms with Crippen LogP contribution in [0.3, 0.4) is 0 Å². The highest BCUT2D eigenvalue weighted by molar-refractivity contribution is 5.96. The number of nitrogens with one attached hydrogen (secondary N) is 1. The fourth-order valence-electron chi connectivity index (χ4n) is 4.73. The van der Waals surface area contributed by atoms with E-state index in [2.05, 4.69) is 70.9 Å². The first kappa shape index (κ1) is 25.4. The Balaban J connectivity index is 1.27. The van der Waals surface area contributed by atoms with E-state index < -0.39 is 0 Å². The molecular weight excluding hydrogens is 446 g/mol. The van der Waals surface area contributed by atoms with E-state index in [9.17, 15) is 9.59 Å². The fraction of sp³-hybridized carbons (Fsp3) is 0.290. The smallest absolute Gasteiger partial charge is 0.246 e. The van der Waals surface area contributed by atoms with Crippen molar-refractivity contribution in [3.63, 3.8) is 0 Å². The molecule has 1 N–H and O–H groups in total. The lowest BCUT2D eigenvalue weighted by molar-refractivity contribution is -0.128. The minimum atomic E-state index is -0.226. The van der Waals surface area contributed by atoms with Crippen molar-refractivity contribution in [3.8, 4) is 0 Å². The Morgan fingerprint density at radius 2 is 1.31 bits per heavy atom. The Hall–Kier alpha value is -3.70. The minimum absolute atomic E-state index is 0.0360. The van der Waals surface area contributed by atoms with Crippen LogP contribution in [0.4, 0.5) is 0 Å². The standard InChI is InChI=1S/C31H35N3O2/c1-25(17-18-26-11-5-2-6-12-26)32-29(35)19-20-30(36)33-21-23-34(24-22-33)31(27-13-7-3-8-14-27)28-15-9-4-10-16-28/h2-16,19-20,25,31H,17-18,21-24H2,1H3,(H,32,35)/b20-19-. The highest BCUT2D eigenvalue weighted by atomic mass is 16.2. The molecule has 3 aromatic carbocycles. The number of aryl methyl sites for hydroxylation is 1. The molecule has 0 aliphatic carbocycles. The monoisotopic (exact) mass is 481 g/mol. The summed E-state index contributed by atoms with van der Waals surface area (Å²) in [7, 11) is 0. The predicted octanol–water partition coefficient (Wildman–Crippen LogP) is 4.61.